The van der Waals surface area contributed by atoms with E-state index >= 15 is 0 Å². The predicted molar refractivity (Wildman–Crippen MR) is 99.1 cm³/mol. The Morgan fingerprint density at radius 2 is 1.83 bits per heavy atom. The van der Waals surface area contributed by atoms with Crippen LogP contribution in [0.4, 0.5) is 5.69 Å². The van der Waals surface area contributed by atoms with Crippen LogP contribution in [-0.2, 0) is 0 Å². The van der Waals surface area contributed by atoms with E-state index < -0.39 is 0 Å². The summed E-state index contributed by atoms with van der Waals surface area (Å²) < 4.78 is 5.67. The molecule has 0 unspecified atom stereocenters. The fourth-order valence-corrected chi connectivity index (χ4v) is 2.24. The van der Waals surface area contributed by atoms with Crippen molar-refractivity contribution in [3.8, 4) is 5.75 Å². The van der Waals surface area contributed by atoms with Crippen molar-refractivity contribution in [1.29, 1.82) is 0 Å². The van der Waals surface area contributed by atoms with Gasteiger partial charge in [0.2, 0.25) is 0 Å². The lowest BCUT2D eigenvalue weighted by molar-refractivity contribution is 0.306. The van der Waals surface area contributed by atoms with Crippen LogP contribution in [0.1, 0.15) is 31.7 Å². The fraction of sp³-hybridized carbons (Fsp3) is 0.278. The molecule has 0 saturated carbocycles. The number of benzene rings is 2. The highest BCUT2D eigenvalue weighted by molar-refractivity contribution is 6.42. The highest BCUT2D eigenvalue weighted by Gasteiger charge is 1.98. The number of hydrazone groups is 1. The summed E-state index contributed by atoms with van der Waals surface area (Å²) in [6.45, 7) is 2.94. The molecule has 2 aromatic rings. The van der Waals surface area contributed by atoms with Crippen LogP contribution in [-0.4, -0.2) is 12.8 Å². The van der Waals surface area contributed by atoms with Gasteiger partial charge in [-0.2, -0.15) is 5.10 Å². The zero-order valence-electron chi connectivity index (χ0n) is 13.1. The van der Waals surface area contributed by atoms with E-state index in [0.29, 0.717) is 10.0 Å². The van der Waals surface area contributed by atoms with Gasteiger partial charge in [0.1, 0.15) is 5.75 Å². The number of halogens is 2. The van der Waals surface area contributed by atoms with Crippen molar-refractivity contribution in [3.05, 3.63) is 58.1 Å². The lowest BCUT2D eigenvalue weighted by atomic mass is 10.2. The molecule has 0 fully saturated rings. The van der Waals surface area contributed by atoms with Crippen molar-refractivity contribution in [2.75, 3.05) is 12.0 Å². The van der Waals surface area contributed by atoms with E-state index in [9.17, 15) is 0 Å². The minimum absolute atomic E-state index is 0.497. The number of hydrogen-bond donors (Lipinski definition) is 1. The van der Waals surface area contributed by atoms with Crippen molar-refractivity contribution in [2.24, 2.45) is 5.10 Å². The van der Waals surface area contributed by atoms with E-state index in [1.165, 1.54) is 12.8 Å². The number of unbranched alkanes of at least 4 members (excludes halogenated alkanes) is 2. The number of nitrogens with zero attached hydrogens (tertiary/aromatic N) is 1. The molecule has 122 valence electrons. The second kappa shape index (κ2) is 9.43. The van der Waals surface area contributed by atoms with Crippen LogP contribution in [0.25, 0.3) is 0 Å². The van der Waals surface area contributed by atoms with E-state index in [2.05, 4.69) is 17.5 Å². The quantitative estimate of drug-likeness (QED) is 0.359. The number of rotatable bonds is 8. The molecule has 0 spiro atoms. The average Bonchev–Trinajstić information content (AvgIpc) is 2.56. The van der Waals surface area contributed by atoms with Gasteiger partial charge in [-0.15, -0.1) is 0 Å². The van der Waals surface area contributed by atoms with Crippen LogP contribution in [0.3, 0.4) is 0 Å². The van der Waals surface area contributed by atoms with Crippen molar-refractivity contribution in [1.82, 2.24) is 0 Å². The van der Waals surface area contributed by atoms with Gasteiger partial charge in [-0.1, -0.05) is 43.0 Å². The highest BCUT2D eigenvalue weighted by atomic mass is 35.5. The lowest BCUT2D eigenvalue weighted by Gasteiger charge is -2.05. The first kappa shape index (κ1) is 17.6. The maximum absolute atomic E-state index is 5.95. The monoisotopic (exact) mass is 350 g/mol. The zero-order chi connectivity index (χ0) is 16.5. The topological polar surface area (TPSA) is 33.6 Å². The molecule has 0 aliphatic heterocycles. The second-order valence-corrected chi connectivity index (χ2v) is 5.94. The van der Waals surface area contributed by atoms with E-state index in [1.54, 1.807) is 18.3 Å². The Balaban J connectivity index is 1.83. The molecule has 2 aromatic carbocycles. The van der Waals surface area contributed by atoms with E-state index in [0.717, 1.165) is 30.0 Å². The van der Waals surface area contributed by atoms with Gasteiger partial charge in [-0.25, -0.2) is 0 Å². The van der Waals surface area contributed by atoms with Gasteiger partial charge < -0.3 is 4.74 Å². The van der Waals surface area contributed by atoms with Crippen molar-refractivity contribution in [3.63, 3.8) is 0 Å². The van der Waals surface area contributed by atoms with Crippen molar-refractivity contribution >= 4 is 35.1 Å². The van der Waals surface area contributed by atoms with Gasteiger partial charge in [0.25, 0.3) is 0 Å². The molecular formula is C18H20Cl2N2O. The summed E-state index contributed by atoms with van der Waals surface area (Å²) in [5.74, 6) is 0.885. The van der Waals surface area contributed by atoms with Crippen LogP contribution in [0.2, 0.25) is 10.0 Å². The van der Waals surface area contributed by atoms with Gasteiger partial charge >= 0.3 is 0 Å². The molecule has 2 rings (SSSR count). The van der Waals surface area contributed by atoms with E-state index in [-0.39, 0.29) is 0 Å². The Morgan fingerprint density at radius 3 is 2.52 bits per heavy atom. The maximum Gasteiger partial charge on any atom is 0.119 e. The second-order valence-electron chi connectivity index (χ2n) is 5.12. The summed E-state index contributed by atoms with van der Waals surface area (Å²) in [6, 6.07) is 13.1. The number of ether oxygens (including phenoxy) is 1. The summed E-state index contributed by atoms with van der Waals surface area (Å²) in [7, 11) is 0. The zero-order valence-corrected chi connectivity index (χ0v) is 14.6. The largest absolute Gasteiger partial charge is 0.494 e. The number of anilines is 1. The van der Waals surface area contributed by atoms with Gasteiger partial charge in [-0.3, -0.25) is 5.43 Å². The third-order valence-electron chi connectivity index (χ3n) is 3.22. The van der Waals surface area contributed by atoms with Gasteiger partial charge in [0.15, 0.2) is 0 Å². The smallest absolute Gasteiger partial charge is 0.119 e. The third kappa shape index (κ3) is 6.12. The molecule has 0 bridgehead atoms. The molecule has 3 nitrogen and oxygen atoms in total. The predicted octanol–water partition coefficient (Wildman–Crippen LogP) is 6.01. The molecule has 23 heavy (non-hydrogen) atoms. The molecule has 0 aliphatic carbocycles. The first-order chi connectivity index (χ1) is 11.2. The van der Waals surface area contributed by atoms with E-state index in [4.69, 9.17) is 27.9 Å². The minimum atomic E-state index is 0.497. The highest BCUT2D eigenvalue weighted by Crippen LogP contribution is 2.24. The number of hydrogen-bond acceptors (Lipinski definition) is 3. The first-order valence-electron chi connectivity index (χ1n) is 7.66. The summed E-state index contributed by atoms with van der Waals surface area (Å²) >= 11 is 11.8. The molecule has 0 atom stereocenters. The van der Waals surface area contributed by atoms with Crippen molar-refractivity contribution < 1.29 is 4.74 Å². The average molecular weight is 351 g/mol. The SMILES string of the molecule is CCCCCOc1ccc(C=NNc2ccc(Cl)c(Cl)c2)cc1. The fourth-order valence-electron chi connectivity index (χ4n) is 1.94. The number of nitrogens with one attached hydrogen (secondary N) is 1. The molecule has 0 amide bonds. The standard InChI is InChI=1S/C18H20Cl2N2O/c1-2-3-4-11-23-16-8-5-14(6-9-16)13-21-22-15-7-10-17(19)18(20)12-15/h5-10,12-13,22H,2-4,11H2,1H3. The lowest BCUT2D eigenvalue weighted by Crippen LogP contribution is -1.97. The summed E-state index contributed by atoms with van der Waals surface area (Å²) in [5, 5.41) is 5.20. The molecule has 0 saturated heterocycles. The molecule has 5 heteroatoms. The van der Waals surface area contributed by atoms with Crippen molar-refractivity contribution in [2.45, 2.75) is 26.2 Å². The Kier molecular flexibility index (Phi) is 7.24. The normalized spacial score (nSPS) is 10.9. The van der Waals surface area contributed by atoms with Gasteiger partial charge in [-0.05, 0) is 54.4 Å². The molecule has 0 aliphatic rings. The van der Waals surface area contributed by atoms with Gasteiger partial charge in [0.05, 0.1) is 28.6 Å². The maximum atomic E-state index is 5.95. The Bertz CT molecular complexity index is 642. The molecular weight excluding hydrogens is 331 g/mol. The van der Waals surface area contributed by atoms with Crippen LogP contribution in [0, 0.1) is 0 Å². The Labute approximate surface area is 147 Å². The Hall–Kier alpha value is -1.71. The van der Waals surface area contributed by atoms with Crippen LogP contribution < -0.4 is 10.2 Å². The molecule has 0 aromatic heterocycles. The van der Waals surface area contributed by atoms with Crippen LogP contribution in [0.5, 0.6) is 5.75 Å². The summed E-state index contributed by atoms with van der Waals surface area (Å²) in [5.41, 5.74) is 4.69. The van der Waals surface area contributed by atoms with E-state index in [1.807, 2.05) is 30.3 Å². The summed E-state index contributed by atoms with van der Waals surface area (Å²) in [6.07, 6.45) is 5.23. The van der Waals surface area contributed by atoms with Crippen LogP contribution >= 0.6 is 23.2 Å². The summed E-state index contributed by atoms with van der Waals surface area (Å²) in [4.78, 5) is 0. The Morgan fingerprint density at radius 1 is 1.04 bits per heavy atom. The third-order valence-corrected chi connectivity index (χ3v) is 3.96. The van der Waals surface area contributed by atoms with Crippen LogP contribution in [0.15, 0.2) is 47.6 Å². The van der Waals surface area contributed by atoms with Gasteiger partial charge in [0, 0.05) is 0 Å². The first-order valence-corrected chi connectivity index (χ1v) is 8.41. The molecule has 0 heterocycles. The molecule has 0 radical (unpaired) electrons. The minimum Gasteiger partial charge on any atom is -0.494 e. The molecule has 1 N–H and O–H groups in total.